The third-order valence-electron chi connectivity index (χ3n) is 3.99. The molecular weight excluding hydrogens is 270 g/mol. The Hall–Kier alpha value is -1.67. The van der Waals surface area contributed by atoms with Crippen LogP contribution in [0, 0.1) is 0 Å². The molecule has 3 rings (SSSR count). The van der Waals surface area contributed by atoms with E-state index >= 15 is 0 Å². The molecule has 8 nitrogen and oxygen atoms in total. The van der Waals surface area contributed by atoms with Crippen molar-refractivity contribution in [3.8, 4) is 0 Å². The van der Waals surface area contributed by atoms with Crippen molar-refractivity contribution < 1.29 is 4.74 Å². The van der Waals surface area contributed by atoms with Crippen LogP contribution >= 0.6 is 0 Å². The lowest BCUT2D eigenvalue weighted by Gasteiger charge is -2.35. The third kappa shape index (κ3) is 3.33. The first-order valence-electron chi connectivity index (χ1n) is 7.40. The maximum atomic E-state index is 5.90. The predicted octanol–water partition coefficient (Wildman–Crippen LogP) is -0.205. The number of rotatable bonds is 4. The summed E-state index contributed by atoms with van der Waals surface area (Å²) in [5.74, 6) is 1.27. The maximum absolute atomic E-state index is 5.90. The van der Waals surface area contributed by atoms with Gasteiger partial charge in [0.05, 0.1) is 12.7 Å². The van der Waals surface area contributed by atoms with Gasteiger partial charge in [0, 0.05) is 33.2 Å². The fourth-order valence-corrected chi connectivity index (χ4v) is 2.87. The highest BCUT2D eigenvalue weighted by molar-refractivity contribution is 5.40. The van der Waals surface area contributed by atoms with Crippen molar-refractivity contribution >= 4 is 17.8 Å². The van der Waals surface area contributed by atoms with E-state index in [0.29, 0.717) is 24.5 Å². The minimum atomic E-state index is 0.167. The molecule has 2 aliphatic rings. The van der Waals surface area contributed by atoms with Crippen LogP contribution in [0.5, 0.6) is 0 Å². The summed E-state index contributed by atoms with van der Waals surface area (Å²) in [5, 5.41) is 3.21. The van der Waals surface area contributed by atoms with Gasteiger partial charge in [0.2, 0.25) is 17.8 Å². The van der Waals surface area contributed by atoms with E-state index in [4.69, 9.17) is 10.5 Å². The summed E-state index contributed by atoms with van der Waals surface area (Å²) in [6.45, 7) is 3.67. The number of aromatic nitrogens is 3. The highest BCUT2D eigenvalue weighted by Gasteiger charge is 2.32. The molecular formula is C13H23N7O. The van der Waals surface area contributed by atoms with E-state index in [0.717, 1.165) is 13.2 Å². The Kier molecular flexibility index (Phi) is 4.07. The second-order valence-electron chi connectivity index (χ2n) is 5.84. The molecule has 3 heterocycles. The van der Waals surface area contributed by atoms with Gasteiger partial charge in [0.25, 0.3) is 0 Å². The second-order valence-corrected chi connectivity index (χ2v) is 5.84. The fourth-order valence-electron chi connectivity index (χ4n) is 2.87. The summed E-state index contributed by atoms with van der Waals surface area (Å²) in [7, 11) is 3.74. The van der Waals surface area contributed by atoms with Gasteiger partial charge >= 0.3 is 0 Å². The smallest absolute Gasteiger partial charge is 0.231 e. The Balaban J connectivity index is 1.57. The summed E-state index contributed by atoms with van der Waals surface area (Å²) < 4.78 is 5.90. The lowest BCUT2D eigenvalue weighted by atomic mass is 10.2. The van der Waals surface area contributed by atoms with Gasteiger partial charge in [-0.2, -0.15) is 15.0 Å². The molecule has 0 amide bonds. The average Bonchev–Trinajstić information content (AvgIpc) is 2.92. The third-order valence-corrected chi connectivity index (χ3v) is 3.99. The van der Waals surface area contributed by atoms with Crippen LogP contribution in [0.15, 0.2) is 0 Å². The molecule has 2 atom stereocenters. The number of nitrogens with zero attached hydrogens (tertiary/aromatic N) is 5. The highest BCUT2D eigenvalue weighted by Crippen LogP contribution is 2.22. The molecule has 0 spiro atoms. The molecule has 1 aromatic heterocycles. The fraction of sp³-hybridized carbons (Fsp3) is 0.769. The van der Waals surface area contributed by atoms with Gasteiger partial charge in [-0.25, -0.2) is 0 Å². The zero-order chi connectivity index (χ0) is 14.8. The highest BCUT2D eigenvalue weighted by atomic mass is 16.5. The summed E-state index contributed by atoms with van der Waals surface area (Å²) in [5.41, 5.74) is 5.71. The first-order valence-corrected chi connectivity index (χ1v) is 7.40. The molecule has 3 N–H and O–H groups in total. The van der Waals surface area contributed by atoms with Crippen molar-refractivity contribution in [1.82, 2.24) is 19.9 Å². The second kappa shape index (κ2) is 5.98. The molecule has 0 saturated carbocycles. The lowest BCUT2D eigenvalue weighted by molar-refractivity contribution is -0.0416. The molecule has 0 aromatic carbocycles. The molecule has 2 fully saturated rings. The van der Waals surface area contributed by atoms with Gasteiger partial charge in [0.15, 0.2) is 0 Å². The van der Waals surface area contributed by atoms with Crippen LogP contribution in [0.4, 0.5) is 17.8 Å². The lowest BCUT2D eigenvalue weighted by Crippen LogP contribution is -2.48. The minimum Gasteiger partial charge on any atom is -0.373 e. The van der Waals surface area contributed by atoms with Crippen LogP contribution in [0.2, 0.25) is 0 Å². The van der Waals surface area contributed by atoms with Crippen LogP contribution in [0.1, 0.15) is 12.8 Å². The van der Waals surface area contributed by atoms with Gasteiger partial charge in [-0.1, -0.05) is 0 Å². The van der Waals surface area contributed by atoms with Gasteiger partial charge in [-0.3, -0.25) is 4.90 Å². The van der Waals surface area contributed by atoms with Crippen molar-refractivity contribution in [3.05, 3.63) is 0 Å². The van der Waals surface area contributed by atoms with Crippen molar-refractivity contribution in [2.24, 2.45) is 0 Å². The molecule has 116 valence electrons. The zero-order valence-electron chi connectivity index (χ0n) is 12.6. The molecule has 2 aliphatic heterocycles. The zero-order valence-corrected chi connectivity index (χ0v) is 12.6. The Morgan fingerprint density at radius 3 is 3.05 bits per heavy atom. The van der Waals surface area contributed by atoms with Gasteiger partial charge in [0.1, 0.15) is 0 Å². The molecule has 0 radical (unpaired) electrons. The summed E-state index contributed by atoms with van der Waals surface area (Å²) in [6.07, 6.45) is 2.71. The Labute approximate surface area is 124 Å². The minimum absolute atomic E-state index is 0.167. The van der Waals surface area contributed by atoms with Crippen LogP contribution < -0.4 is 16.0 Å². The van der Waals surface area contributed by atoms with Crippen LogP contribution in [0.25, 0.3) is 0 Å². The SMILES string of the molecule is CN(C)c1nc(N)nc(NCC2CN3CCCC3CO2)n1. The van der Waals surface area contributed by atoms with Crippen LogP contribution in [-0.4, -0.2) is 72.3 Å². The van der Waals surface area contributed by atoms with E-state index < -0.39 is 0 Å². The van der Waals surface area contributed by atoms with Crippen molar-refractivity contribution in [3.63, 3.8) is 0 Å². The number of fused-ring (bicyclic) bond motifs is 1. The number of ether oxygens (including phenoxy) is 1. The molecule has 2 unspecified atom stereocenters. The molecule has 8 heteroatoms. The maximum Gasteiger partial charge on any atom is 0.231 e. The normalized spacial score (nSPS) is 25.6. The Morgan fingerprint density at radius 2 is 2.24 bits per heavy atom. The molecule has 21 heavy (non-hydrogen) atoms. The van der Waals surface area contributed by atoms with Gasteiger partial charge in [-0.15, -0.1) is 0 Å². The van der Waals surface area contributed by atoms with Crippen molar-refractivity contribution in [1.29, 1.82) is 0 Å². The predicted molar refractivity (Wildman–Crippen MR) is 81.4 cm³/mol. The molecule has 0 aliphatic carbocycles. The van der Waals surface area contributed by atoms with Crippen molar-refractivity contribution in [2.45, 2.75) is 25.0 Å². The first kappa shape index (κ1) is 14.3. The first-order chi connectivity index (χ1) is 10.1. The summed E-state index contributed by atoms with van der Waals surface area (Å²) in [6, 6.07) is 0.620. The van der Waals surface area contributed by atoms with Crippen LogP contribution in [-0.2, 0) is 4.74 Å². The van der Waals surface area contributed by atoms with E-state index in [-0.39, 0.29) is 12.1 Å². The van der Waals surface area contributed by atoms with Gasteiger partial charge < -0.3 is 20.7 Å². The van der Waals surface area contributed by atoms with E-state index in [1.165, 1.54) is 19.4 Å². The standard InChI is InChI=1S/C13H23N7O/c1-19(2)13-17-11(14)16-12(18-13)15-6-10-7-20-5-3-4-9(20)8-21-10/h9-10H,3-8H2,1-2H3,(H3,14,15,16,17,18). The molecule has 0 bridgehead atoms. The van der Waals surface area contributed by atoms with E-state index in [2.05, 4.69) is 25.2 Å². The van der Waals surface area contributed by atoms with Gasteiger partial charge in [-0.05, 0) is 19.4 Å². The summed E-state index contributed by atoms with van der Waals surface area (Å²) in [4.78, 5) is 16.8. The number of nitrogen functional groups attached to an aromatic ring is 1. The van der Waals surface area contributed by atoms with Crippen LogP contribution in [0.3, 0.4) is 0 Å². The Morgan fingerprint density at radius 1 is 1.38 bits per heavy atom. The number of hydrogen-bond donors (Lipinski definition) is 2. The average molecular weight is 293 g/mol. The number of anilines is 3. The molecule has 2 saturated heterocycles. The quantitative estimate of drug-likeness (QED) is 0.788. The van der Waals surface area contributed by atoms with E-state index in [1.54, 1.807) is 4.90 Å². The van der Waals surface area contributed by atoms with Crippen molar-refractivity contribution in [2.75, 3.05) is 56.3 Å². The molecule has 1 aromatic rings. The number of morpholine rings is 1. The number of nitrogens with two attached hydrogens (primary N) is 1. The largest absolute Gasteiger partial charge is 0.373 e. The topological polar surface area (TPSA) is 92.4 Å². The van der Waals surface area contributed by atoms with E-state index in [9.17, 15) is 0 Å². The number of nitrogens with one attached hydrogen (secondary N) is 1. The Bertz CT molecular complexity index is 495. The van der Waals surface area contributed by atoms with E-state index in [1.807, 2.05) is 14.1 Å². The number of hydrogen-bond acceptors (Lipinski definition) is 8. The summed E-state index contributed by atoms with van der Waals surface area (Å²) >= 11 is 0. The monoisotopic (exact) mass is 293 g/mol.